The molecule has 0 spiro atoms. The van der Waals surface area contributed by atoms with Crippen molar-refractivity contribution in [1.82, 2.24) is 9.97 Å². The number of nitrogens with zero attached hydrogens (tertiary/aromatic N) is 1. The summed E-state index contributed by atoms with van der Waals surface area (Å²) >= 11 is 0. The van der Waals surface area contributed by atoms with Crippen LogP contribution in [-0.4, -0.2) is 23.0 Å². The molecule has 3 rings (SSSR count). The average molecular weight is 271 g/mol. The number of hydrogen-bond acceptors (Lipinski definition) is 5. The van der Waals surface area contributed by atoms with Crippen molar-refractivity contribution in [3.8, 4) is 0 Å². The highest BCUT2D eigenvalue weighted by molar-refractivity contribution is 5.93. The van der Waals surface area contributed by atoms with Gasteiger partial charge >= 0.3 is 5.97 Å². The maximum absolute atomic E-state index is 11.5. The van der Waals surface area contributed by atoms with Gasteiger partial charge in [-0.3, -0.25) is 0 Å². The number of methoxy groups -OCH3 is 1. The molecule has 20 heavy (non-hydrogen) atoms. The lowest BCUT2D eigenvalue weighted by atomic mass is 10.2. The number of furan rings is 1. The van der Waals surface area contributed by atoms with Crippen LogP contribution in [-0.2, 0) is 11.3 Å². The quantitative estimate of drug-likeness (QED) is 0.713. The predicted molar refractivity (Wildman–Crippen MR) is 73.5 cm³/mol. The summed E-state index contributed by atoms with van der Waals surface area (Å²) in [5, 5.41) is 3.12. The molecule has 0 aliphatic carbocycles. The number of esters is 1. The monoisotopic (exact) mass is 271 g/mol. The van der Waals surface area contributed by atoms with E-state index < -0.39 is 0 Å². The lowest BCUT2D eigenvalue weighted by Gasteiger charge is -1.98. The number of carbonyl (C=O) groups is 1. The number of aromatic amines is 1. The van der Waals surface area contributed by atoms with Crippen molar-refractivity contribution in [1.29, 1.82) is 0 Å². The number of benzene rings is 1. The van der Waals surface area contributed by atoms with Crippen molar-refractivity contribution in [3.63, 3.8) is 0 Å². The maximum atomic E-state index is 11.5. The summed E-state index contributed by atoms with van der Waals surface area (Å²) in [5.41, 5.74) is 2.04. The standard InChI is InChI=1S/C14H13N3O3/c1-19-13(18)9-4-5-11-12(7-9)17-14(16-11)15-8-10-3-2-6-20-10/h2-7H,8H2,1H3,(H2,15,16,17). The first-order valence-corrected chi connectivity index (χ1v) is 6.10. The Morgan fingerprint density at radius 3 is 3.10 bits per heavy atom. The smallest absolute Gasteiger partial charge is 0.337 e. The molecule has 1 aromatic carbocycles. The van der Waals surface area contributed by atoms with Crippen molar-refractivity contribution in [2.75, 3.05) is 12.4 Å². The van der Waals surface area contributed by atoms with E-state index in [9.17, 15) is 4.79 Å². The van der Waals surface area contributed by atoms with Gasteiger partial charge in [0.1, 0.15) is 5.76 Å². The van der Waals surface area contributed by atoms with Gasteiger partial charge in [-0.2, -0.15) is 0 Å². The second kappa shape index (κ2) is 5.08. The Balaban J connectivity index is 1.81. The van der Waals surface area contributed by atoms with Gasteiger partial charge in [0.2, 0.25) is 5.95 Å². The highest BCUT2D eigenvalue weighted by atomic mass is 16.5. The zero-order valence-electron chi connectivity index (χ0n) is 10.8. The molecule has 0 radical (unpaired) electrons. The van der Waals surface area contributed by atoms with Crippen LogP contribution >= 0.6 is 0 Å². The van der Waals surface area contributed by atoms with Crippen LogP contribution in [0.1, 0.15) is 16.1 Å². The molecule has 0 aliphatic heterocycles. The lowest BCUT2D eigenvalue weighted by Crippen LogP contribution is -2.00. The van der Waals surface area contributed by atoms with E-state index in [-0.39, 0.29) is 5.97 Å². The normalized spacial score (nSPS) is 10.7. The average Bonchev–Trinajstić information content (AvgIpc) is 3.12. The van der Waals surface area contributed by atoms with E-state index in [1.165, 1.54) is 7.11 Å². The van der Waals surface area contributed by atoms with Crippen LogP contribution in [0.4, 0.5) is 5.95 Å². The summed E-state index contributed by atoms with van der Waals surface area (Å²) in [6.07, 6.45) is 1.62. The Hall–Kier alpha value is -2.76. The Labute approximate surface area is 114 Å². The summed E-state index contributed by atoms with van der Waals surface area (Å²) < 4.78 is 9.92. The van der Waals surface area contributed by atoms with E-state index in [4.69, 9.17) is 4.42 Å². The first-order chi connectivity index (χ1) is 9.76. The number of H-pyrrole nitrogens is 1. The molecular weight excluding hydrogens is 258 g/mol. The van der Waals surface area contributed by atoms with Crippen LogP contribution in [0.15, 0.2) is 41.0 Å². The van der Waals surface area contributed by atoms with Crippen LogP contribution < -0.4 is 5.32 Å². The molecule has 0 fully saturated rings. The molecule has 2 aromatic heterocycles. The minimum absolute atomic E-state index is 0.369. The molecule has 2 heterocycles. The van der Waals surface area contributed by atoms with Gasteiger partial charge in [-0.25, -0.2) is 9.78 Å². The van der Waals surface area contributed by atoms with Gasteiger partial charge in [0.15, 0.2) is 0 Å². The SMILES string of the molecule is COC(=O)c1ccc2nc(NCc3ccco3)[nH]c2c1. The Morgan fingerprint density at radius 2 is 2.35 bits per heavy atom. The van der Waals surface area contributed by atoms with Crippen LogP contribution in [0.2, 0.25) is 0 Å². The third kappa shape index (κ3) is 2.35. The zero-order valence-corrected chi connectivity index (χ0v) is 10.8. The number of nitrogens with one attached hydrogen (secondary N) is 2. The van der Waals surface area contributed by atoms with Gasteiger partial charge in [0.25, 0.3) is 0 Å². The van der Waals surface area contributed by atoms with Gasteiger partial charge < -0.3 is 19.5 Å². The fourth-order valence-corrected chi connectivity index (χ4v) is 1.92. The maximum Gasteiger partial charge on any atom is 0.337 e. The molecular formula is C14H13N3O3. The number of hydrogen-bond donors (Lipinski definition) is 2. The van der Waals surface area contributed by atoms with Gasteiger partial charge in [-0.1, -0.05) is 0 Å². The molecule has 0 saturated carbocycles. The van der Waals surface area contributed by atoms with E-state index in [1.54, 1.807) is 24.5 Å². The van der Waals surface area contributed by atoms with E-state index >= 15 is 0 Å². The number of anilines is 1. The summed E-state index contributed by atoms with van der Waals surface area (Å²) in [6, 6.07) is 8.89. The minimum Gasteiger partial charge on any atom is -0.467 e. The summed E-state index contributed by atoms with van der Waals surface area (Å²) in [6.45, 7) is 0.538. The van der Waals surface area contributed by atoms with Crippen molar-refractivity contribution in [3.05, 3.63) is 47.9 Å². The van der Waals surface area contributed by atoms with Crippen LogP contribution in [0.25, 0.3) is 11.0 Å². The van der Waals surface area contributed by atoms with Gasteiger partial charge in [-0.05, 0) is 30.3 Å². The third-order valence-corrected chi connectivity index (χ3v) is 2.91. The number of imidazole rings is 1. The topological polar surface area (TPSA) is 80.2 Å². The van der Waals surface area contributed by atoms with Crippen molar-refractivity contribution in [2.45, 2.75) is 6.54 Å². The molecule has 2 N–H and O–H groups in total. The van der Waals surface area contributed by atoms with Crippen molar-refractivity contribution >= 4 is 23.0 Å². The minimum atomic E-state index is -0.369. The third-order valence-electron chi connectivity index (χ3n) is 2.91. The van der Waals surface area contributed by atoms with Crippen molar-refractivity contribution < 1.29 is 13.9 Å². The lowest BCUT2D eigenvalue weighted by molar-refractivity contribution is 0.0601. The Kier molecular flexibility index (Phi) is 3.12. The predicted octanol–water partition coefficient (Wildman–Crippen LogP) is 2.55. The second-order valence-corrected chi connectivity index (χ2v) is 4.24. The molecule has 0 bridgehead atoms. The van der Waals surface area contributed by atoms with Crippen LogP contribution in [0.5, 0.6) is 0 Å². The largest absolute Gasteiger partial charge is 0.467 e. The summed E-state index contributed by atoms with van der Waals surface area (Å²) in [4.78, 5) is 18.9. The number of ether oxygens (including phenoxy) is 1. The Bertz CT molecular complexity index is 731. The van der Waals surface area contributed by atoms with E-state index in [0.29, 0.717) is 18.1 Å². The van der Waals surface area contributed by atoms with Gasteiger partial charge in [-0.15, -0.1) is 0 Å². The number of rotatable bonds is 4. The Morgan fingerprint density at radius 1 is 1.45 bits per heavy atom. The number of fused-ring (bicyclic) bond motifs is 1. The van der Waals surface area contributed by atoms with Crippen molar-refractivity contribution in [2.24, 2.45) is 0 Å². The second-order valence-electron chi connectivity index (χ2n) is 4.24. The zero-order chi connectivity index (χ0) is 13.9. The summed E-state index contributed by atoms with van der Waals surface area (Å²) in [5.74, 6) is 1.07. The van der Waals surface area contributed by atoms with E-state index in [2.05, 4.69) is 20.0 Å². The van der Waals surface area contributed by atoms with Gasteiger partial charge in [0.05, 0.1) is 36.5 Å². The van der Waals surface area contributed by atoms with E-state index in [1.807, 2.05) is 12.1 Å². The molecule has 3 aromatic rings. The highest BCUT2D eigenvalue weighted by Gasteiger charge is 2.09. The molecule has 0 amide bonds. The highest BCUT2D eigenvalue weighted by Crippen LogP contribution is 2.17. The fraction of sp³-hybridized carbons (Fsp3) is 0.143. The van der Waals surface area contributed by atoms with Crippen LogP contribution in [0, 0.1) is 0 Å². The van der Waals surface area contributed by atoms with Crippen LogP contribution in [0.3, 0.4) is 0 Å². The molecule has 0 unspecified atom stereocenters. The fourth-order valence-electron chi connectivity index (χ4n) is 1.92. The molecule has 6 heteroatoms. The number of aromatic nitrogens is 2. The first-order valence-electron chi connectivity index (χ1n) is 6.10. The number of carbonyl (C=O) groups excluding carboxylic acids is 1. The molecule has 6 nitrogen and oxygen atoms in total. The van der Waals surface area contributed by atoms with E-state index in [0.717, 1.165) is 16.8 Å². The molecule has 0 aliphatic rings. The summed E-state index contributed by atoms with van der Waals surface area (Å²) in [7, 11) is 1.36. The molecule has 102 valence electrons. The van der Waals surface area contributed by atoms with Gasteiger partial charge in [0, 0.05) is 0 Å². The first kappa shape index (κ1) is 12.3. The molecule has 0 atom stereocenters. The molecule has 0 saturated heterocycles.